The van der Waals surface area contributed by atoms with Gasteiger partial charge in [0.05, 0.1) is 5.60 Å². The highest BCUT2D eigenvalue weighted by Gasteiger charge is 2.44. The molecule has 2 unspecified atom stereocenters. The minimum absolute atomic E-state index is 0.168. The first-order valence-electron chi connectivity index (χ1n) is 7.56. The van der Waals surface area contributed by atoms with Crippen LogP contribution in [0.4, 0.5) is 0 Å². The molecule has 2 nitrogen and oxygen atoms in total. The van der Waals surface area contributed by atoms with Gasteiger partial charge in [0.2, 0.25) is 0 Å². The van der Waals surface area contributed by atoms with Gasteiger partial charge in [0.15, 0.2) is 0 Å². The average Bonchev–Trinajstić information content (AvgIpc) is 2.39. The maximum Gasteiger partial charge on any atom is 0.0686 e. The smallest absolute Gasteiger partial charge is 0.0686 e. The maximum atomic E-state index is 6.58. The molecule has 1 saturated carbocycles. The van der Waals surface area contributed by atoms with Crippen molar-refractivity contribution in [3.63, 3.8) is 0 Å². The molecule has 1 spiro atoms. The second-order valence-corrected chi connectivity index (χ2v) is 6.52. The Morgan fingerprint density at radius 1 is 1.32 bits per heavy atom. The molecule has 1 aromatic carbocycles. The van der Waals surface area contributed by atoms with Gasteiger partial charge in [0, 0.05) is 12.6 Å². The van der Waals surface area contributed by atoms with Crippen molar-refractivity contribution in [2.75, 3.05) is 6.61 Å². The van der Waals surface area contributed by atoms with E-state index in [0.717, 1.165) is 19.4 Å². The van der Waals surface area contributed by atoms with Gasteiger partial charge in [0.25, 0.3) is 0 Å². The van der Waals surface area contributed by atoms with Crippen LogP contribution in [-0.4, -0.2) is 12.2 Å². The quantitative estimate of drug-likeness (QED) is 0.880. The number of aryl methyl sites for hydroxylation is 2. The normalized spacial score (nSPS) is 27.0. The van der Waals surface area contributed by atoms with Crippen LogP contribution in [0.15, 0.2) is 18.2 Å². The van der Waals surface area contributed by atoms with Crippen molar-refractivity contribution in [3.05, 3.63) is 34.9 Å². The van der Waals surface area contributed by atoms with E-state index >= 15 is 0 Å². The molecule has 0 amide bonds. The lowest BCUT2D eigenvalue weighted by Crippen LogP contribution is -2.47. The fourth-order valence-electron chi connectivity index (χ4n) is 3.66. The number of nitrogens with two attached hydrogens (primary N) is 1. The van der Waals surface area contributed by atoms with E-state index in [4.69, 9.17) is 10.5 Å². The van der Waals surface area contributed by atoms with Crippen molar-refractivity contribution in [3.8, 4) is 0 Å². The number of benzene rings is 1. The van der Waals surface area contributed by atoms with E-state index in [0.29, 0.717) is 5.92 Å². The molecule has 2 fully saturated rings. The van der Waals surface area contributed by atoms with Crippen molar-refractivity contribution in [1.82, 2.24) is 0 Å². The molecule has 0 radical (unpaired) electrons. The lowest BCUT2D eigenvalue weighted by Gasteiger charge is -2.48. The van der Waals surface area contributed by atoms with Crippen LogP contribution in [-0.2, 0) is 4.74 Å². The number of hydrogen-bond acceptors (Lipinski definition) is 2. The predicted octanol–water partition coefficient (Wildman–Crippen LogP) is 3.65. The molecule has 19 heavy (non-hydrogen) atoms. The first-order valence-corrected chi connectivity index (χ1v) is 7.56. The summed E-state index contributed by atoms with van der Waals surface area (Å²) < 4.78 is 6.02. The van der Waals surface area contributed by atoms with Crippen LogP contribution in [0.3, 0.4) is 0 Å². The van der Waals surface area contributed by atoms with Crippen LogP contribution in [0.2, 0.25) is 0 Å². The summed E-state index contributed by atoms with van der Waals surface area (Å²) in [6.07, 6.45) is 6.06. The first kappa shape index (κ1) is 13.1. The molecule has 2 N–H and O–H groups in total. The first-order chi connectivity index (χ1) is 9.10. The van der Waals surface area contributed by atoms with Gasteiger partial charge in [-0.25, -0.2) is 0 Å². The van der Waals surface area contributed by atoms with Crippen molar-refractivity contribution >= 4 is 0 Å². The summed E-state index contributed by atoms with van der Waals surface area (Å²) in [6.45, 7) is 5.21. The number of ether oxygens (including phenoxy) is 1. The molecule has 1 heterocycles. The lowest BCUT2D eigenvalue weighted by molar-refractivity contribution is -0.146. The van der Waals surface area contributed by atoms with Crippen LogP contribution in [0, 0.1) is 19.8 Å². The van der Waals surface area contributed by atoms with E-state index in [-0.39, 0.29) is 11.6 Å². The van der Waals surface area contributed by atoms with Gasteiger partial charge in [-0.1, -0.05) is 23.8 Å². The Hall–Kier alpha value is -0.860. The van der Waals surface area contributed by atoms with Crippen LogP contribution in [0.25, 0.3) is 0 Å². The van der Waals surface area contributed by atoms with E-state index in [9.17, 15) is 0 Å². The fourth-order valence-corrected chi connectivity index (χ4v) is 3.66. The zero-order valence-electron chi connectivity index (χ0n) is 12.1. The Morgan fingerprint density at radius 3 is 2.79 bits per heavy atom. The van der Waals surface area contributed by atoms with Crippen molar-refractivity contribution in [2.45, 2.75) is 57.6 Å². The molecule has 2 heteroatoms. The molecule has 2 atom stereocenters. The summed E-state index contributed by atoms with van der Waals surface area (Å²) >= 11 is 0. The molecular weight excluding hydrogens is 234 g/mol. The zero-order chi connectivity index (χ0) is 13.5. The Bertz CT molecular complexity index is 464. The van der Waals surface area contributed by atoms with Gasteiger partial charge in [0.1, 0.15) is 0 Å². The predicted molar refractivity (Wildman–Crippen MR) is 78.1 cm³/mol. The van der Waals surface area contributed by atoms with Crippen molar-refractivity contribution in [1.29, 1.82) is 0 Å². The standard InChI is InChI=1S/C17H25NO/c1-12-4-5-13(2)15(10-12)16(18)14-6-9-19-17(11-14)7-3-8-17/h4-5,10,14,16H,3,6-9,11,18H2,1-2H3. The molecular formula is C17H25NO. The van der Waals surface area contributed by atoms with Crippen molar-refractivity contribution in [2.24, 2.45) is 11.7 Å². The number of rotatable bonds is 2. The second kappa shape index (κ2) is 4.92. The summed E-state index contributed by atoms with van der Waals surface area (Å²) in [7, 11) is 0. The molecule has 104 valence electrons. The van der Waals surface area contributed by atoms with Gasteiger partial charge < -0.3 is 10.5 Å². The summed E-state index contributed by atoms with van der Waals surface area (Å²) in [5.74, 6) is 0.578. The van der Waals surface area contributed by atoms with Gasteiger partial charge in [-0.3, -0.25) is 0 Å². The molecule has 0 bridgehead atoms. The molecule has 0 aromatic heterocycles. The van der Waals surface area contributed by atoms with E-state index in [1.54, 1.807) is 0 Å². The zero-order valence-corrected chi connectivity index (χ0v) is 12.1. The highest BCUT2D eigenvalue weighted by Crippen LogP contribution is 2.46. The van der Waals surface area contributed by atoms with Crippen molar-refractivity contribution < 1.29 is 4.74 Å². The van der Waals surface area contributed by atoms with E-state index < -0.39 is 0 Å². The van der Waals surface area contributed by atoms with Crippen LogP contribution >= 0.6 is 0 Å². The SMILES string of the molecule is Cc1ccc(C)c(C(N)C2CCOC3(CCC3)C2)c1. The monoisotopic (exact) mass is 259 g/mol. The van der Waals surface area contributed by atoms with E-state index in [1.165, 1.54) is 36.0 Å². The molecule has 1 saturated heterocycles. The third kappa shape index (κ3) is 2.44. The Labute approximate surface area is 116 Å². The Kier molecular flexibility index (Phi) is 3.40. The third-order valence-electron chi connectivity index (χ3n) is 5.10. The summed E-state index contributed by atoms with van der Waals surface area (Å²) in [5.41, 5.74) is 10.7. The minimum Gasteiger partial charge on any atom is -0.375 e. The molecule has 2 aliphatic rings. The molecule has 1 aliphatic heterocycles. The second-order valence-electron chi connectivity index (χ2n) is 6.52. The Morgan fingerprint density at radius 2 is 2.11 bits per heavy atom. The molecule has 1 aromatic rings. The Balaban J connectivity index is 1.79. The maximum absolute atomic E-state index is 6.58. The fraction of sp³-hybridized carbons (Fsp3) is 0.647. The topological polar surface area (TPSA) is 35.2 Å². The minimum atomic E-state index is 0.168. The summed E-state index contributed by atoms with van der Waals surface area (Å²) in [5, 5.41) is 0. The van der Waals surface area contributed by atoms with Gasteiger partial charge in [-0.15, -0.1) is 0 Å². The highest BCUT2D eigenvalue weighted by atomic mass is 16.5. The number of hydrogen-bond donors (Lipinski definition) is 1. The van der Waals surface area contributed by atoms with Gasteiger partial charge in [-0.2, -0.15) is 0 Å². The summed E-state index contributed by atoms with van der Waals surface area (Å²) in [4.78, 5) is 0. The molecule has 1 aliphatic carbocycles. The third-order valence-corrected chi connectivity index (χ3v) is 5.10. The lowest BCUT2D eigenvalue weighted by atomic mass is 9.69. The average molecular weight is 259 g/mol. The largest absolute Gasteiger partial charge is 0.375 e. The van der Waals surface area contributed by atoms with Crippen LogP contribution in [0.1, 0.15) is 54.8 Å². The molecule has 3 rings (SSSR count). The summed E-state index contributed by atoms with van der Waals surface area (Å²) in [6, 6.07) is 6.80. The van der Waals surface area contributed by atoms with Crippen LogP contribution in [0.5, 0.6) is 0 Å². The van der Waals surface area contributed by atoms with Gasteiger partial charge >= 0.3 is 0 Å². The van der Waals surface area contributed by atoms with E-state index in [2.05, 4.69) is 32.0 Å². The highest BCUT2D eigenvalue weighted by molar-refractivity contribution is 5.33. The van der Waals surface area contributed by atoms with E-state index in [1.807, 2.05) is 0 Å². The van der Waals surface area contributed by atoms with Crippen LogP contribution < -0.4 is 5.73 Å². The van der Waals surface area contributed by atoms with Gasteiger partial charge in [-0.05, 0) is 63.0 Å².